The lowest BCUT2D eigenvalue weighted by Gasteiger charge is -2.03. The van der Waals surface area contributed by atoms with Crippen molar-refractivity contribution in [2.75, 3.05) is 13.1 Å². The molecule has 1 aromatic rings. The van der Waals surface area contributed by atoms with Gasteiger partial charge < -0.3 is 11.1 Å². The van der Waals surface area contributed by atoms with Gasteiger partial charge in [0.25, 0.3) is 0 Å². The van der Waals surface area contributed by atoms with Gasteiger partial charge in [-0.3, -0.25) is 0 Å². The molecule has 14 heavy (non-hydrogen) atoms. The van der Waals surface area contributed by atoms with E-state index in [0.717, 1.165) is 19.6 Å². The minimum absolute atomic E-state index is 0.759. The molecule has 0 bridgehead atoms. The molecule has 0 aromatic heterocycles. The number of benzene rings is 1. The van der Waals surface area contributed by atoms with Crippen LogP contribution in [0.3, 0.4) is 0 Å². The third kappa shape index (κ3) is 3.90. The lowest BCUT2D eigenvalue weighted by atomic mass is 10.1. The Morgan fingerprint density at radius 1 is 1.29 bits per heavy atom. The molecule has 0 aliphatic carbocycles. The first-order chi connectivity index (χ1) is 6.86. The van der Waals surface area contributed by atoms with Crippen LogP contribution >= 0.6 is 0 Å². The molecule has 0 aliphatic heterocycles. The molecule has 2 heteroatoms. The topological polar surface area (TPSA) is 42.6 Å². The third-order valence-corrected chi connectivity index (χ3v) is 2.28. The highest BCUT2D eigenvalue weighted by Crippen LogP contribution is 2.06. The zero-order valence-electron chi connectivity index (χ0n) is 9.00. The maximum atomic E-state index is 5.44. The number of hydrogen-bond acceptors (Lipinski definition) is 1. The zero-order chi connectivity index (χ0) is 10.2. The molecular formula is C12H21N2+. The van der Waals surface area contributed by atoms with Gasteiger partial charge in [-0.05, 0) is 12.0 Å². The number of rotatable bonds is 6. The second kappa shape index (κ2) is 6.57. The Labute approximate surface area is 86.5 Å². The van der Waals surface area contributed by atoms with Crippen LogP contribution in [0.5, 0.6) is 0 Å². The van der Waals surface area contributed by atoms with Crippen molar-refractivity contribution in [3.8, 4) is 0 Å². The summed E-state index contributed by atoms with van der Waals surface area (Å²) in [4.78, 5) is 0. The van der Waals surface area contributed by atoms with Crippen molar-refractivity contribution in [1.29, 1.82) is 0 Å². The Balaban J connectivity index is 2.46. The highest BCUT2D eigenvalue weighted by atomic mass is 14.9. The molecule has 1 aromatic carbocycles. The lowest BCUT2D eigenvalue weighted by molar-refractivity contribution is -0.668. The smallest absolute Gasteiger partial charge is 0.101 e. The normalized spacial score (nSPS) is 10.4. The minimum atomic E-state index is 0.759. The first-order valence-electron chi connectivity index (χ1n) is 5.46. The molecule has 0 saturated carbocycles. The second-order valence-corrected chi connectivity index (χ2v) is 3.64. The van der Waals surface area contributed by atoms with Gasteiger partial charge >= 0.3 is 0 Å². The van der Waals surface area contributed by atoms with Crippen LogP contribution in [-0.2, 0) is 13.0 Å². The van der Waals surface area contributed by atoms with E-state index in [1.54, 1.807) is 0 Å². The molecule has 0 amide bonds. The molecule has 2 nitrogen and oxygen atoms in total. The Bertz CT molecular complexity index is 258. The fourth-order valence-corrected chi connectivity index (χ4v) is 1.59. The molecule has 0 unspecified atom stereocenters. The molecule has 4 N–H and O–H groups in total. The Hall–Kier alpha value is -0.860. The van der Waals surface area contributed by atoms with Gasteiger partial charge in [0.15, 0.2) is 0 Å². The van der Waals surface area contributed by atoms with Gasteiger partial charge in [-0.25, -0.2) is 0 Å². The second-order valence-electron chi connectivity index (χ2n) is 3.64. The predicted molar refractivity (Wildman–Crippen MR) is 60.0 cm³/mol. The molecular weight excluding hydrogens is 172 g/mol. The molecule has 0 heterocycles. The molecule has 0 radical (unpaired) electrons. The van der Waals surface area contributed by atoms with E-state index in [4.69, 9.17) is 5.73 Å². The van der Waals surface area contributed by atoms with Gasteiger partial charge in [0.05, 0.1) is 6.54 Å². The minimum Gasteiger partial charge on any atom is -0.341 e. The fraction of sp³-hybridized carbons (Fsp3) is 0.500. The molecule has 0 saturated heterocycles. The summed E-state index contributed by atoms with van der Waals surface area (Å²) in [7, 11) is 0. The fourth-order valence-electron chi connectivity index (χ4n) is 1.59. The first-order valence-corrected chi connectivity index (χ1v) is 5.46. The largest absolute Gasteiger partial charge is 0.341 e. The average Bonchev–Trinajstić information content (AvgIpc) is 2.19. The van der Waals surface area contributed by atoms with Crippen LogP contribution < -0.4 is 11.1 Å². The Morgan fingerprint density at radius 2 is 2.07 bits per heavy atom. The van der Waals surface area contributed by atoms with Gasteiger partial charge in [0, 0.05) is 12.1 Å². The maximum absolute atomic E-state index is 5.44. The van der Waals surface area contributed by atoms with Crippen LogP contribution in [0.2, 0.25) is 0 Å². The van der Waals surface area contributed by atoms with Crippen LogP contribution in [-0.4, -0.2) is 13.1 Å². The molecule has 0 aliphatic rings. The van der Waals surface area contributed by atoms with Crippen LogP contribution in [0, 0.1) is 0 Å². The van der Waals surface area contributed by atoms with Crippen LogP contribution in [0.4, 0.5) is 0 Å². The summed E-state index contributed by atoms with van der Waals surface area (Å²) in [5.74, 6) is 0. The predicted octanol–water partition coefficient (Wildman–Crippen LogP) is 0.661. The summed E-state index contributed by atoms with van der Waals surface area (Å²) >= 11 is 0. The molecule has 1 rings (SSSR count). The van der Waals surface area contributed by atoms with E-state index >= 15 is 0 Å². The summed E-state index contributed by atoms with van der Waals surface area (Å²) in [5, 5.41) is 2.26. The first kappa shape index (κ1) is 11.2. The monoisotopic (exact) mass is 193 g/mol. The molecule has 0 spiro atoms. The summed E-state index contributed by atoms with van der Waals surface area (Å²) in [5.41, 5.74) is 8.30. The van der Waals surface area contributed by atoms with E-state index < -0.39 is 0 Å². The lowest BCUT2D eigenvalue weighted by Crippen LogP contribution is -2.83. The van der Waals surface area contributed by atoms with E-state index in [9.17, 15) is 0 Å². The SMILES string of the molecule is CCCc1cccc(C[NH2+]CCN)c1. The van der Waals surface area contributed by atoms with E-state index in [0.29, 0.717) is 0 Å². The Kier molecular flexibility index (Phi) is 5.27. The summed E-state index contributed by atoms with van der Waals surface area (Å²) < 4.78 is 0. The van der Waals surface area contributed by atoms with Crippen molar-refractivity contribution >= 4 is 0 Å². The number of hydrogen-bond donors (Lipinski definition) is 2. The van der Waals surface area contributed by atoms with Crippen LogP contribution in [0.15, 0.2) is 24.3 Å². The molecule has 78 valence electrons. The van der Waals surface area contributed by atoms with Crippen LogP contribution in [0.1, 0.15) is 24.5 Å². The summed E-state index contributed by atoms with van der Waals surface area (Å²) in [6.07, 6.45) is 2.40. The van der Waals surface area contributed by atoms with E-state index in [1.807, 2.05) is 0 Å². The highest BCUT2D eigenvalue weighted by Gasteiger charge is 1.96. The van der Waals surface area contributed by atoms with Crippen molar-refractivity contribution in [3.63, 3.8) is 0 Å². The van der Waals surface area contributed by atoms with Gasteiger partial charge in [-0.2, -0.15) is 0 Å². The van der Waals surface area contributed by atoms with Gasteiger partial charge in [0.2, 0.25) is 0 Å². The summed E-state index contributed by atoms with van der Waals surface area (Å²) in [6.45, 7) is 5.04. The van der Waals surface area contributed by atoms with E-state index in [2.05, 4.69) is 36.5 Å². The quantitative estimate of drug-likeness (QED) is 0.640. The van der Waals surface area contributed by atoms with E-state index in [-0.39, 0.29) is 0 Å². The van der Waals surface area contributed by atoms with Gasteiger partial charge in [-0.1, -0.05) is 37.6 Å². The zero-order valence-corrected chi connectivity index (χ0v) is 9.00. The van der Waals surface area contributed by atoms with E-state index in [1.165, 1.54) is 24.0 Å². The molecule has 0 atom stereocenters. The van der Waals surface area contributed by atoms with Crippen molar-refractivity contribution in [2.45, 2.75) is 26.3 Å². The standard InChI is InChI=1S/C12H20N2/c1-2-4-11-5-3-6-12(9-11)10-14-8-7-13/h3,5-6,9,14H,2,4,7-8,10,13H2,1H3/p+1. The average molecular weight is 193 g/mol. The third-order valence-electron chi connectivity index (χ3n) is 2.28. The highest BCUT2D eigenvalue weighted by molar-refractivity contribution is 5.22. The Morgan fingerprint density at radius 3 is 2.79 bits per heavy atom. The number of aryl methyl sites for hydroxylation is 1. The molecule has 0 fully saturated rings. The number of quaternary nitrogens is 1. The van der Waals surface area contributed by atoms with Crippen molar-refractivity contribution in [1.82, 2.24) is 0 Å². The summed E-state index contributed by atoms with van der Waals surface area (Å²) in [6, 6.07) is 8.84. The van der Waals surface area contributed by atoms with Gasteiger partial charge in [-0.15, -0.1) is 0 Å². The van der Waals surface area contributed by atoms with Gasteiger partial charge in [0.1, 0.15) is 6.54 Å². The van der Waals surface area contributed by atoms with Crippen molar-refractivity contribution < 1.29 is 5.32 Å². The van der Waals surface area contributed by atoms with Crippen molar-refractivity contribution in [2.24, 2.45) is 5.73 Å². The number of nitrogens with two attached hydrogens (primary N) is 2. The van der Waals surface area contributed by atoms with Crippen LogP contribution in [0.25, 0.3) is 0 Å². The van der Waals surface area contributed by atoms with Crippen molar-refractivity contribution in [3.05, 3.63) is 35.4 Å². The maximum Gasteiger partial charge on any atom is 0.101 e.